The molecular weight excluding hydrogens is 269 g/mol. The molecule has 1 amide bonds. The molecule has 0 fully saturated rings. The average Bonchev–Trinajstić information content (AvgIpc) is 1.84. The fourth-order valence-corrected chi connectivity index (χ4v) is 0.795. The Kier molecular flexibility index (Phi) is 5.08. The predicted molar refractivity (Wildman–Crippen MR) is 57.4 cm³/mol. The third-order valence-electron chi connectivity index (χ3n) is 1.39. The molecular formula is C8H16INO2. The van der Waals surface area contributed by atoms with E-state index in [0.717, 1.165) is 0 Å². The molecule has 3 nitrogen and oxygen atoms in total. The summed E-state index contributed by atoms with van der Waals surface area (Å²) in [5.41, 5.74) is 0. The molecule has 0 radical (unpaired) electrons. The van der Waals surface area contributed by atoms with Gasteiger partial charge in [-0.15, -0.1) is 0 Å². The third-order valence-corrected chi connectivity index (χ3v) is 1.88. The Bertz CT molecular complexity index is 152. The predicted octanol–water partition coefficient (Wildman–Crippen LogP) is 1.09. The number of carbonyl (C=O) groups is 1. The lowest BCUT2D eigenvalue weighted by molar-refractivity contribution is -0.122. The Morgan fingerprint density at radius 3 is 2.50 bits per heavy atom. The number of carbonyl (C=O) groups excluding carboxylic acids is 1. The molecule has 0 bridgehead atoms. The number of aliphatic hydroxyl groups is 1. The van der Waals surface area contributed by atoms with Crippen LogP contribution in [-0.4, -0.2) is 27.1 Å². The highest BCUT2D eigenvalue weighted by molar-refractivity contribution is 14.1. The van der Waals surface area contributed by atoms with E-state index < -0.39 is 0 Å². The molecule has 4 heteroatoms. The maximum atomic E-state index is 11.2. The Labute approximate surface area is 87.1 Å². The van der Waals surface area contributed by atoms with Crippen LogP contribution in [0.1, 0.15) is 27.2 Å². The summed E-state index contributed by atoms with van der Waals surface area (Å²) in [6, 6.07) is 0. The standard InChI is InChI=1S/C8H16INO2/c1-6(11)4-5-10-7(12)8(2,3)9/h6,11H,4-5H2,1-3H3,(H,10,12). The van der Waals surface area contributed by atoms with Gasteiger partial charge < -0.3 is 10.4 Å². The number of nitrogens with one attached hydrogen (secondary N) is 1. The molecule has 0 rings (SSSR count). The van der Waals surface area contributed by atoms with E-state index in [9.17, 15) is 4.79 Å². The summed E-state index contributed by atoms with van der Waals surface area (Å²) < 4.78 is -0.365. The van der Waals surface area contributed by atoms with Gasteiger partial charge in [-0.2, -0.15) is 0 Å². The van der Waals surface area contributed by atoms with Crippen LogP contribution in [-0.2, 0) is 4.79 Å². The van der Waals surface area contributed by atoms with Crippen molar-refractivity contribution in [2.45, 2.75) is 36.7 Å². The first-order valence-electron chi connectivity index (χ1n) is 3.99. The first-order chi connectivity index (χ1) is 5.34. The smallest absolute Gasteiger partial charge is 0.235 e. The van der Waals surface area contributed by atoms with Gasteiger partial charge in [0.25, 0.3) is 0 Å². The summed E-state index contributed by atoms with van der Waals surface area (Å²) in [4.78, 5) is 11.2. The van der Waals surface area contributed by atoms with Gasteiger partial charge in [-0.25, -0.2) is 0 Å². The van der Waals surface area contributed by atoms with Crippen molar-refractivity contribution < 1.29 is 9.90 Å². The minimum Gasteiger partial charge on any atom is -0.393 e. The van der Waals surface area contributed by atoms with Crippen molar-refractivity contribution in [3.8, 4) is 0 Å². The lowest BCUT2D eigenvalue weighted by Gasteiger charge is -2.16. The van der Waals surface area contributed by atoms with Crippen LogP contribution in [0.5, 0.6) is 0 Å². The lowest BCUT2D eigenvalue weighted by Crippen LogP contribution is -2.38. The molecule has 2 N–H and O–H groups in total. The molecule has 0 aromatic rings. The molecule has 0 aromatic carbocycles. The quantitative estimate of drug-likeness (QED) is 0.600. The van der Waals surface area contributed by atoms with Crippen LogP contribution < -0.4 is 5.32 Å². The maximum Gasteiger partial charge on any atom is 0.235 e. The number of amides is 1. The molecule has 1 atom stereocenters. The molecule has 1 unspecified atom stereocenters. The van der Waals surface area contributed by atoms with Crippen LogP contribution in [0.25, 0.3) is 0 Å². The van der Waals surface area contributed by atoms with Gasteiger partial charge in [-0.1, -0.05) is 22.6 Å². The number of alkyl halides is 1. The molecule has 72 valence electrons. The minimum absolute atomic E-state index is 0.0174. The van der Waals surface area contributed by atoms with Crippen molar-refractivity contribution >= 4 is 28.5 Å². The van der Waals surface area contributed by atoms with Crippen molar-refractivity contribution in [3.05, 3.63) is 0 Å². The molecule has 0 aliphatic carbocycles. The van der Waals surface area contributed by atoms with Gasteiger partial charge in [0.1, 0.15) is 0 Å². The number of aliphatic hydroxyl groups excluding tert-OH is 1. The number of rotatable bonds is 4. The summed E-state index contributed by atoms with van der Waals surface area (Å²) in [7, 11) is 0. The summed E-state index contributed by atoms with van der Waals surface area (Å²) in [6.07, 6.45) is 0.265. The summed E-state index contributed by atoms with van der Waals surface area (Å²) in [5.74, 6) is 0.0174. The van der Waals surface area contributed by atoms with Crippen molar-refractivity contribution in [1.29, 1.82) is 0 Å². The normalized spacial score (nSPS) is 14.1. The van der Waals surface area contributed by atoms with Gasteiger partial charge >= 0.3 is 0 Å². The molecule has 0 saturated carbocycles. The van der Waals surface area contributed by atoms with E-state index in [0.29, 0.717) is 13.0 Å². The second-order valence-corrected chi connectivity index (χ2v) is 6.06. The van der Waals surface area contributed by atoms with E-state index in [1.165, 1.54) is 0 Å². The Hall–Kier alpha value is 0.160. The highest BCUT2D eigenvalue weighted by Gasteiger charge is 2.22. The second kappa shape index (κ2) is 5.01. The average molecular weight is 285 g/mol. The van der Waals surface area contributed by atoms with Gasteiger partial charge in [0.2, 0.25) is 5.91 Å². The topological polar surface area (TPSA) is 49.3 Å². The summed E-state index contributed by atoms with van der Waals surface area (Å²) in [6.45, 7) is 5.96. The molecule has 0 saturated heterocycles. The van der Waals surface area contributed by atoms with Crippen LogP contribution in [0.3, 0.4) is 0 Å². The van der Waals surface area contributed by atoms with Crippen molar-refractivity contribution in [2.75, 3.05) is 6.54 Å². The monoisotopic (exact) mass is 285 g/mol. The SMILES string of the molecule is CC(O)CCNC(=O)C(C)(C)I. The van der Waals surface area contributed by atoms with Gasteiger partial charge in [-0.05, 0) is 27.2 Å². The van der Waals surface area contributed by atoms with Crippen LogP contribution in [0.15, 0.2) is 0 Å². The van der Waals surface area contributed by atoms with E-state index in [2.05, 4.69) is 27.9 Å². The highest BCUT2D eigenvalue weighted by Crippen LogP contribution is 2.15. The lowest BCUT2D eigenvalue weighted by atomic mass is 10.2. The van der Waals surface area contributed by atoms with Crippen LogP contribution >= 0.6 is 22.6 Å². The second-order valence-electron chi connectivity index (χ2n) is 3.37. The minimum atomic E-state index is -0.365. The van der Waals surface area contributed by atoms with E-state index in [4.69, 9.17) is 5.11 Å². The van der Waals surface area contributed by atoms with E-state index >= 15 is 0 Å². The van der Waals surface area contributed by atoms with Crippen LogP contribution in [0.4, 0.5) is 0 Å². The van der Waals surface area contributed by atoms with Gasteiger partial charge in [0.15, 0.2) is 0 Å². The third kappa shape index (κ3) is 5.77. The Morgan fingerprint density at radius 2 is 2.17 bits per heavy atom. The first kappa shape index (κ1) is 12.2. The van der Waals surface area contributed by atoms with Gasteiger partial charge in [0.05, 0.1) is 9.53 Å². The van der Waals surface area contributed by atoms with E-state index in [1.807, 2.05) is 13.8 Å². The van der Waals surface area contributed by atoms with Crippen LogP contribution in [0, 0.1) is 0 Å². The zero-order valence-electron chi connectivity index (χ0n) is 7.72. The molecule has 0 spiro atoms. The molecule has 0 heterocycles. The van der Waals surface area contributed by atoms with Gasteiger partial charge in [-0.3, -0.25) is 4.79 Å². The fourth-order valence-electron chi connectivity index (χ4n) is 0.605. The highest BCUT2D eigenvalue weighted by atomic mass is 127. The fraction of sp³-hybridized carbons (Fsp3) is 0.875. The number of hydrogen-bond acceptors (Lipinski definition) is 2. The van der Waals surface area contributed by atoms with E-state index in [-0.39, 0.29) is 15.4 Å². The molecule has 0 aliphatic heterocycles. The van der Waals surface area contributed by atoms with E-state index in [1.54, 1.807) is 6.92 Å². The molecule has 12 heavy (non-hydrogen) atoms. The Balaban J connectivity index is 3.59. The van der Waals surface area contributed by atoms with Crippen LogP contribution in [0.2, 0.25) is 0 Å². The molecule has 0 aliphatic rings. The summed E-state index contributed by atoms with van der Waals surface area (Å²) >= 11 is 2.09. The van der Waals surface area contributed by atoms with Crippen molar-refractivity contribution in [2.24, 2.45) is 0 Å². The largest absolute Gasteiger partial charge is 0.393 e. The van der Waals surface area contributed by atoms with Crippen molar-refractivity contribution in [3.63, 3.8) is 0 Å². The van der Waals surface area contributed by atoms with Crippen molar-refractivity contribution in [1.82, 2.24) is 5.32 Å². The zero-order valence-corrected chi connectivity index (χ0v) is 9.88. The maximum absolute atomic E-state index is 11.2. The first-order valence-corrected chi connectivity index (χ1v) is 5.07. The van der Waals surface area contributed by atoms with Gasteiger partial charge in [0, 0.05) is 6.54 Å². The number of halogens is 1. The zero-order chi connectivity index (χ0) is 9.78. The Morgan fingerprint density at radius 1 is 1.67 bits per heavy atom. The number of hydrogen-bond donors (Lipinski definition) is 2. The molecule has 0 aromatic heterocycles. The summed E-state index contributed by atoms with van der Waals surface area (Å²) in [5, 5.41) is 11.7.